The Bertz CT molecular complexity index is 1190. The number of hydrogen-bond donors (Lipinski definition) is 0. The van der Waals surface area contributed by atoms with Crippen LogP contribution in [-0.4, -0.2) is 32.7 Å². The van der Waals surface area contributed by atoms with E-state index in [0.717, 1.165) is 20.6 Å². The van der Waals surface area contributed by atoms with Crippen LogP contribution in [0.1, 0.15) is 36.6 Å². The molecule has 0 aromatic heterocycles. The Balaban J connectivity index is 1.77. The van der Waals surface area contributed by atoms with E-state index in [1.165, 1.54) is 30.3 Å². The number of nitro benzene ring substituents is 1. The quantitative estimate of drug-likeness (QED) is 0.310. The molecule has 0 N–H and O–H groups in total. The molecule has 0 aliphatic carbocycles. The molecule has 9 heteroatoms. The van der Waals surface area contributed by atoms with Gasteiger partial charge < -0.3 is 0 Å². The van der Waals surface area contributed by atoms with Crippen molar-refractivity contribution in [1.82, 2.24) is 10.0 Å². The lowest BCUT2D eigenvalue weighted by molar-refractivity contribution is -0.384. The van der Waals surface area contributed by atoms with Crippen molar-refractivity contribution in [2.45, 2.75) is 6.54 Å². The Hall–Kier alpha value is -3.85. The highest BCUT2D eigenvalue weighted by atomic mass is 79.9. The summed E-state index contributed by atoms with van der Waals surface area (Å²) in [5.74, 6) is -1.96. The molecule has 0 bridgehead atoms. The first kappa shape index (κ1) is 20.4. The zero-order valence-corrected chi connectivity index (χ0v) is 17.5. The highest BCUT2D eigenvalue weighted by molar-refractivity contribution is 9.10. The minimum Gasteiger partial charge on any atom is -0.267 e. The molecule has 0 saturated heterocycles. The van der Waals surface area contributed by atoms with Crippen LogP contribution in [0.4, 0.5) is 5.69 Å². The first-order valence-electron chi connectivity index (χ1n) is 9.15. The highest BCUT2D eigenvalue weighted by Crippen LogP contribution is 2.27. The smallest absolute Gasteiger partial charge is 0.267 e. The van der Waals surface area contributed by atoms with E-state index in [9.17, 15) is 24.5 Å². The average Bonchev–Trinajstić information content (AvgIpc) is 3.03. The molecule has 3 aromatic carbocycles. The summed E-state index contributed by atoms with van der Waals surface area (Å²) < 4.78 is 0.827. The van der Waals surface area contributed by atoms with E-state index in [1.807, 2.05) is 0 Å². The molecule has 31 heavy (non-hydrogen) atoms. The Morgan fingerprint density at radius 2 is 1.55 bits per heavy atom. The van der Waals surface area contributed by atoms with Gasteiger partial charge in [0.05, 0.1) is 22.6 Å². The van der Waals surface area contributed by atoms with Crippen LogP contribution in [0, 0.1) is 10.1 Å². The molecule has 1 aliphatic rings. The first-order valence-corrected chi connectivity index (χ1v) is 9.94. The number of hydrazine groups is 1. The van der Waals surface area contributed by atoms with Gasteiger partial charge in [-0.3, -0.25) is 24.5 Å². The maximum atomic E-state index is 13.4. The number of carbonyl (C=O) groups excluding carboxylic acids is 3. The van der Waals surface area contributed by atoms with Gasteiger partial charge in [0.15, 0.2) is 0 Å². The van der Waals surface area contributed by atoms with Crippen LogP contribution in [0.25, 0.3) is 0 Å². The summed E-state index contributed by atoms with van der Waals surface area (Å²) in [6, 6.07) is 18.5. The second-order valence-corrected chi connectivity index (χ2v) is 7.68. The van der Waals surface area contributed by atoms with Gasteiger partial charge in [-0.25, -0.2) is 5.01 Å². The number of imide groups is 1. The Morgan fingerprint density at radius 3 is 2.13 bits per heavy atom. The van der Waals surface area contributed by atoms with Crippen molar-refractivity contribution in [1.29, 1.82) is 0 Å². The van der Waals surface area contributed by atoms with Gasteiger partial charge in [-0.15, -0.1) is 0 Å². The number of hydrogen-bond acceptors (Lipinski definition) is 5. The normalized spacial score (nSPS) is 12.6. The van der Waals surface area contributed by atoms with E-state index in [0.29, 0.717) is 5.56 Å². The van der Waals surface area contributed by atoms with Gasteiger partial charge in [-0.2, -0.15) is 5.01 Å². The Kier molecular flexibility index (Phi) is 5.35. The summed E-state index contributed by atoms with van der Waals surface area (Å²) in [6.45, 7) is -0.0831. The SMILES string of the molecule is O=C(c1cccc([N+](=O)[O-])c1)N(Cc1ccc(Br)cc1)N1C(=O)c2ccccc2C1=O. The summed E-state index contributed by atoms with van der Waals surface area (Å²) in [5, 5.41) is 13.0. The van der Waals surface area contributed by atoms with Crippen molar-refractivity contribution in [3.8, 4) is 0 Å². The minimum atomic E-state index is -0.707. The zero-order valence-electron chi connectivity index (χ0n) is 15.9. The first-order chi connectivity index (χ1) is 14.9. The molecule has 0 fully saturated rings. The summed E-state index contributed by atoms with van der Waals surface area (Å²) in [5.41, 5.74) is 0.776. The van der Waals surface area contributed by atoms with Gasteiger partial charge >= 0.3 is 0 Å². The van der Waals surface area contributed by atoms with Crippen LogP contribution >= 0.6 is 15.9 Å². The summed E-state index contributed by atoms with van der Waals surface area (Å²) in [4.78, 5) is 49.9. The second kappa shape index (κ2) is 8.11. The average molecular weight is 480 g/mol. The molecule has 3 aromatic rings. The van der Waals surface area contributed by atoms with Crippen molar-refractivity contribution in [3.63, 3.8) is 0 Å². The van der Waals surface area contributed by atoms with E-state index in [1.54, 1.807) is 36.4 Å². The zero-order chi connectivity index (χ0) is 22.1. The number of fused-ring (bicyclic) bond motifs is 1. The van der Waals surface area contributed by atoms with Gasteiger partial charge in [0.25, 0.3) is 23.4 Å². The van der Waals surface area contributed by atoms with Crippen LogP contribution in [0.15, 0.2) is 77.3 Å². The number of nitrogens with zero attached hydrogens (tertiary/aromatic N) is 3. The monoisotopic (exact) mass is 479 g/mol. The Morgan fingerprint density at radius 1 is 0.935 bits per heavy atom. The predicted molar refractivity (Wildman–Crippen MR) is 114 cm³/mol. The van der Waals surface area contributed by atoms with Crippen molar-refractivity contribution >= 4 is 39.3 Å². The van der Waals surface area contributed by atoms with Gasteiger partial charge in [-0.05, 0) is 35.9 Å². The number of nitro groups is 1. The van der Waals surface area contributed by atoms with Gasteiger partial charge in [0.1, 0.15) is 0 Å². The van der Waals surface area contributed by atoms with Gasteiger partial charge in [0, 0.05) is 22.2 Å². The van der Waals surface area contributed by atoms with E-state index in [4.69, 9.17) is 0 Å². The molecule has 1 heterocycles. The molecule has 3 amide bonds. The molecule has 0 spiro atoms. The number of benzene rings is 3. The van der Waals surface area contributed by atoms with Crippen molar-refractivity contribution in [3.05, 3.63) is 110 Å². The lowest BCUT2D eigenvalue weighted by atomic mass is 10.1. The standard InChI is InChI=1S/C22H14BrN3O5/c23-16-10-8-14(9-11-16)13-24(20(27)15-4-3-5-17(12-15)26(30)31)25-21(28)18-6-1-2-7-19(18)22(25)29/h1-12H,13H2. The van der Waals surface area contributed by atoms with Crippen molar-refractivity contribution < 1.29 is 19.3 Å². The molecular weight excluding hydrogens is 466 g/mol. The fourth-order valence-corrected chi connectivity index (χ4v) is 3.56. The second-order valence-electron chi connectivity index (χ2n) is 6.76. The molecule has 4 rings (SSSR count). The van der Waals surface area contributed by atoms with Crippen molar-refractivity contribution in [2.24, 2.45) is 0 Å². The topological polar surface area (TPSA) is 101 Å². The molecule has 1 aliphatic heterocycles. The van der Waals surface area contributed by atoms with Crippen LogP contribution < -0.4 is 0 Å². The summed E-state index contributed by atoms with van der Waals surface area (Å²) in [6.07, 6.45) is 0. The van der Waals surface area contributed by atoms with Crippen molar-refractivity contribution in [2.75, 3.05) is 0 Å². The number of non-ortho nitro benzene ring substituents is 1. The number of halogens is 1. The van der Waals surface area contributed by atoms with Gasteiger partial charge in [0.2, 0.25) is 0 Å². The summed E-state index contributed by atoms with van der Waals surface area (Å²) in [7, 11) is 0. The Labute approximate surface area is 184 Å². The maximum Gasteiger partial charge on any atom is 0.280 e. The predicted octanol–water partition coefficient (Wildman–Crippen LogP) is 4.21. The maximum absolute atomic E-state index is 13.4. The molecule has 0 saturated carbocycles. The fraction of sp³-hybridized carbons (Fsp3) is 0.0455. The molecule has 154 valence electrons. The fourth-order valence-electron chi connectivity index (χ4n) is 3.29. The number of carbonyl (C=O) groups is 3. The van der Waals surface area contributed by atoms with Crippen LogP contribution in [0.3, 0.4) is 0 Å². The van der Waals surface area contributed by atoms with Gasteiger partial charge in [-0.1, -0.05) is 46.3 Å². The van der Waals surface area contributed by atoms with E-state index in [2.05, 4.69) is 15.9 Å². The lowest BCUT2D eigenvalue weighted by Gasteiger charge is -2.30. The third-order valence-corrected chi connectivity index (χ3v) is 5.33. The highest BCUT2D eigenvalue weighted by Gasteiger charge is 2.41. The minimum absolute atomic E-state index is 0.0112. The largest absolute Gasteiger partial charge is 0.280 e. The molecular formula is C22H14BrN3O5. The third kappa shape index (κ3) is 3.82. The molecule has 0 unspecified atom stereocenters. The molecule has 0 radical (unpaired) electrons. The van der Waals surface area contributed by atoms with E-state index in [-0.39, 0.29) is 28.9 Å². The third-order valence-electron chi connectivity index (χ3n) is 4.80. The van der Waals surface area contributed by atoms with E-state index < -0.39 is 22.6 Å². The molecule has 8 nitrogen and oxygen atoms in total. The number of amides is 3. The van der Waals surface area contributed by atoms with E-state index >= 15 is 0 Å². The molecule has 0 atom stereocenters. The summed E-state index contributed by atoms with van der Waals surface area (Å²) >= 11 is 3.34. The van der Waals surface area contributed by atoms with Crippen LogP contribution in [0.5, 0.6) is 0 Å². The lowest BCUT2D eigenvalue weighted by Crippen LogP contribution is -2.49. The van der Waals surface area contributed by atoms with Crippen LogP contribution in [0.2, 0.25) is 0 Å². The number of rotatable bonds is 5. The van der Waals surface area contributed by atoms with Crippen LogP contribution in [-0.2, 0) is 6.54 Å².